The summed E-state index contributed by atoms with van der Waals surface area (Å²) in [4.78, 5) is 0. The third kappa shape index (κ3) is 4.47. The number of furan rings is 1. The van der Waals surface area contributed by atoms with Crippen molar-refractivity contribution in [2.75, 3.05) is 0 Å². The molecule has 49 heavy (non-hydrogen) atoms. The summed E-state index contributed by atoms with van der Waals surface area (Å²) in [6.45, 7) is 0. The SMILES string of the molecule is [2H]c1c([2H])c([2H])c2c(-c3ccc4oc5ccc6ccccc6c5c4c3)c3c([2H])c([2H])c([2H])c([2H])c3c(-c3cc(-c4ccccc4)cc(-c4ccccc4)c3)c2c1[2H]. The average molecular weight is 631 g/mol. The second-order valence-electron chi connectivity index (χ2n) is 12.3. The summed E-state index contributed by atoms with van der Waals surface area (Å²) >= 11 is 0. The Hall–Kier alpha value is -6.44. The summed E-state index contributed by atoms with van der Waals surface area (Å²) in [7, 11) is 0. The van der Waals surface area contributed by atoms with E-state index in [0.29, 0.717) is 33.4 Å². The standard InChI is InChI=1S/C48H30O/c1-3-13-31(14-4-1)35-27-36(32-15-5-2-6-16-32)29-37(28-35)47-41-21-11-9-19-39(41)46(40-20-10-12-22-42(40)47)34-24-25-44-43(30-34)48-38-18-8-7-17-33(38)23-26-45(48)49-44/h1-30H/i9D,10D,11D,12D,19D,20D,21D,22D. The molecule has 0 fully saturated rings. The topological polar surface area (TPSA) is 13.1 Å². The van der Waals surface area contributed by atoms with Gasteiger partial charge in [-0.2, -0.15) is 0 Å². The van der Waals surface area contributed by atoms with Gasteiger partial charge in [-0.15, -0.1) is 0 Å². The zero-order valence-corrected chi connectivity index (χ0v) is 26.1. The molecule has 0 N–H and O–H groups in total. The van der Waals surface area contributed by atoms with Gasteiger partial charge in [-0.1, -0.05) is 145 Å². The molecule has 0 aliphatic heterocycles. The summed E-state index contributed by atoms with van der Waals surface area (Å²) in [6, 6.07) is 40.0. The maximum atomic E-state index is 9.51. The van der Waals surface area contributed by atoms with Gasteiger partial charge in [0, 0.05) is 10.8 Å². The minimum absolute atomic E-state index is 0.164. The van der Waals surface area contributed by atoms with Crippen LogP contribution in [-0.2, 0) is 0 Å². The van der Waals surface area contributed by atoms with Gasteiger partial charge in [-0.25, -0.2) is 0 Å². The molecule has 10 rings (SSSR count). The van der Waals surface area contributed by atoms with E-state index >= 15 is 0 Å². The summed E-state index contributed by atoms with van der Waals surface area (Å²) in [6.07, 6.45) is 0. The van der Waals surface area contributed by atoms with Gasteiger partial charge in [-0.3, -0.25) is 0 Å². The van der Waals surface area contributed by atoms with Crippen LogP contribution in [0.3, 0.4) is 0 Å². The van der Waals surface area contributed by atoms with Crippen LogP contribution in [0.2, 0.25) is 0 Å². The van der Waals surface area contributed by atoms with E-state index in [1.807, 2.05) is 121 Å². The molecule has 10 aromatic rings. The molecule has 0 spiro atoms. The third-order valence-corrected chi connectivity index (χ3v) is 9.46. The van der Waals surface area contributed by atoms with Gasteiger partial charge >= 0.3 is 0 Å². The number of hydrogen-bond acceptors (Lipinski definition) is 1. The first-order valence-electron chi connectivity index (χ1n) is 20.2. The minimum atomic E-state index is -0.441. The van der Waals surface area contributed by atoms with E-state index in [-0.39, 0.29) is 45.7 Å². The smallest absolute Gasteiger partial charge is 0.136 e. The van der Waals surface area contributed by atoms with E-state index in [9.17, 15) is 5.48 Å². The van der Waals surface area contributed by atoms with Crippen molar-refractivity contribution in [1.29, 1.82) is 0 Å². The molecule has 0 saturated carbocycles. The van der Waals surface area contributed by atoms with Crippen molar-refractivity contribution in [3.8, 4) is 44.5 Å². The molecule has 0 amide bonds. The average Bonchev–Trinajstić information content (AvgIpc) is 3.64. The normalized spacial score (nSPS) is 14.0. The highest BCUT2D eigenvalue weighted by Crippen LogP contribution is 2.46. The van der Waals surface area contributed by atoms with Gasteiger partial charge in [0.05, 0.1) is 11.0 Å². The highest BCUT2D eigenvalue weighted by atomic mass is 16.3. The van der Waals surface area contributed by atoms with Gasteiger partial charge in [0.15, 0.2) is 0 Å². The van der Waals surface area contributed by atoms with Crippen molar-refractivity contribution >= 4 is 54.3 Å². The first-order valence-corrected chi connectivity index (χ1v) is 16.2. The highest BCUT2D eigenvalue weighted by molar-refractivity contribution is 6.24. The van der Waals surface area contributed by atoms with Crippen molar-refractivity contribution < 1.29 is 15.4 Å². The monoisotopic (exact) mass is 630 g/mol. The van der Waals surface area contributed by atoms with Crippen LogP contribution in [0.5, 0.6) is 0 Å². The molecule has 0 saturated heterocycles. The predicted molar refractivity (Wildman–Crippen MR) is 208 cm³/mol. The van der Waals surface area contributed by atoms with Crippen molar-refractivity contribution in [2.45, 2.75) is 0 Å². The van der Waals surface area contributed by atoms with E-state index in [0.717, 1.165) is 43.8 Å². The van der Waals surface area contributed by atoms with Crippen molar-refractivity contribution in [3.05, 3.63) is 182 Å². The van der Waals surface area contributed by atoms with Gasteiger partial charge in [0.25, 0.3) is 0 Å². The van der Waals surface area contributed by atoms with E-state index in [1.54, 1.807) is 6.07 Å². The maximum Gasteiger partial charge on any atom is 0.136 e. The highest BCUT2D eigenvalue weighted by Gasteiger charge is 2.19. The van der Waals surface area contributed by atoms with Gasteiger partial charge < -0.3 is 4.42 Å². The summed E-state index contributed by atoms with van der Waals surface area (Å²) in [5.74, 6) is 0. The molecule has 228 valence electrons. The molecule has 1 aromatic heterocycles. The Bertz CT molecular complexity index is 3180. The number of hydrogen-bond donors (Lipinski definition) is 0. The molecule has 0 radical (unpaired) electrons. The van der Waals surface area contributed by atoms with E-state index in [1.165, 1.54) is 0 Å². The number of rotatable bonds is 4. The number of benzene rings is 9. The fourth-order valence-electron chi connectivity index (χ4n) is 7.27. The molecule has 1 heteroatoms. The predicted octanol–water partition coefficient (Wildman–Crippen LogP) is 13.7. The van der Waals surface area contributed by atoms with Gasteiger partial charge in [-0.05, 0) is 113 Å². The zero-order valence-electron chi connectivity index (χ0n) is 34.1. The molecule has 9 aromatic carbocycles. The van der Waals surface area contributed by atoms with Crippen LogP contribution in [-0.4, -0.2) is 0 Å². The van der Waals surface area contributed by atoms with Gasteiger partial charge in [0.2, 0.25) is 0 Å². The summed E-state index contributed by atoms with van der Waals surface area (Å²) < 4.78 is 80.0. The van der Waals surface area contributed by atoms with Crippen LogP contribution >= 0.6 is 0 Å². The van der Waals surface area contributed by atoms with Crippen LogP contribution in [0.1, 0.15) is 11.0 Å². The lowest BCUT2D eigenvalue weighted by Gasteiger charge is -2.19. The Morgan fingerprint density at radius 2 is 0.857 bits per heavy atom. The molecule has 0 aliphatic rings. The zero-order chi connectivity index (χ0) is 39.3. The van der Waals surface area contributed by atoms with Crippen molar-refractivity contribution in [1.82, 2.24) is 0 Å². The molecule has 1 nitrogen and oxygen atoms in total. The molecule has 0 aliphatic carbocycles. The Morgan fingerprint density at radius 1 is 0.347 bits per heavy atom. The second-order valence-corrected chi connectivity index (χ2v) is 12.3. The quantitative estimate of drug-likeness (QED) is 0.176. The van der Waals surface area contributed by atoms with Crippen LogP contribution < -0.4 is 0 Å². The fourth-order valence-corrected chi connectivity index (χ4v) is 7.27. The lowest BCUT2D eigenvalue weighted by atomic mass is 9.84. The number of fused-ring (bicyclic) bond motifs is 7. The van der Waals surface area contributed by atoms with Crippen LogP contribution in [0.4, 0.5) is 0 Å². The third-order valence-electron chi connectivity index (χ3n) is 9.46. The lowest BCUT2D eigenvalue weighted by Crippen LogP contribution is -1.92. The first kappa shape index (κ1) is 20.7. The van der Waals surface area contributed by atoms with Gasteiger partial charge in [0.1, 0.15) is 11.2 Å². The van der Waals surface area contributed by atoms with Crippen LogP contribution in [0, 0.1) is 0 Å². The van der Waals surface area contributed by atoms with E-state index in [2.05, 4.69) is 6.07 Å². The van der Waals surface area contributed by atoms with E-state index < -0.39 is 24.2 Å². The Morgan fingerprint density at radius 3 is 1.47 bits per heavy atom. The molecular weight excluding hydrogens is 593 g/mol. The molecule has 0 atom stereocenters. The second kappa shape index (κ2) is 11.1. The summed E-state index contributed by atoms with van der Waals surface area (Å²) in [5, 5.41) is 4.32. The van der Waals surface area contributed by atoms with E-state index in [4.69, 9.17) is 9.90 Å². The minimum Gasteiger partial charge on any atom is -0.456 e. The Kier molecular flexibility index (Phi) is 4.69. The van der Waals surface area contributed by atoms with Crippen LogP contribution in [0.25, 0.3) is 98.8 Å². The van der Waals surface area contributed by atoms with Crippen LogP contribution in [0.15, 0.2) is 186 Å². The largest absolute Gasteiger partial charge is 0.456 e. The molecule has 1 heterocycles. The van der Waals surface area contributed by atoms with Crippen molar-refractivity contribution in [3.63, 3.8) is 0 Å². The summed E-state index contributed by atoms with van der Waals surface area (Å²) in [5.41, 5.74) is 6.48. The first-order chi connectivity index (χ1) is 27.6. The molecule has 0 bridgehead atoms. The fraction of sp³-hybridized carbons (Fsp3) is 0. The molecule has 0 unspecified atom stereocenters. The maximum absolute atomic E-state index is 9.51. The molecular formula is C48H30O. The van der Waals surface area contributed by atoms with Crippen molar-refractivity contribution in [2.24, 2.45) is 0 Å². The Labute approximate surface area is 295 Å². The Balaban J connectivity index is 1.42. The lowest BCUT2D eigenvalue weighted by molar-refractivity contribution is 0.669.